The normalized spacial score (nSPS) is 17.7. The van der Waals surface area contributed by atoms with E-state index in [1.165, 1.54) is 0 Å². The van der Waals surface area contributed by atoms with E-state index in [0.29, 0.717) is 5.56 Å². The fourth-order valence-corrected chi connectivity index (χ4v) is 2.92. The topological polar surface area (TPSA) is 49.3 Å². The molecule has 0 radical (unpaired) electrons. The summed E-state index contributed by atoms with van der Waals surface area (Å²) in [5, 5.41) is 12.5. The smallest absolute Gasteiger partial charge is 0.252 e. The molecule has 1 saturated carbocycles. The quantitative estimate of drug-likeness (QED) is 0.902. The first-order chi connectivity index (χ1) is 8.56. The number of amides is 1. The summed E-state index contributed by atoms with van der Waals surface area (Å²) >= 11 is 3.40. The summed E-state index contributed by atoms with van der Waals surface area (Å²) in [7, 11) is 0. The van der Waals surface area contributed by atoms with Crippen LogP contribution in [0.3, 0.4) is 0 Å². The van der Waals surface area contributed by atoms with Gasteiger partial charge in [-0.1, -0.05) is 24.5 Å². The number of halogens is 1. The number of rotatable bonds is 3. The number of aryl methyl sites for hydroxylation is 1. The number of hydrogen-bond acceptors (Lipinski definition) is 2. The van der Waals surface area contributed by atoms with Crippen molar-refractivity contribution in [1.29, 1.82) is 0 Å². The number of carbonyl (C=O) groups is 1. The Hall–Kier alpha value is -0.870. The maximum absolute atomic E-state index is 12.3. The molecule has 2 N–H and O–H groups in total. The van der Waals surface area contributed by atoms with E-state index in [-0.39, 0.29) is 12.5 Å². The summed E-state index contributed by atoms with van der Waals surface area (Å²) in [4.78, 5) is 12.3. The largest absolute Gasteiger partial charge is 0.394 e. The molecule has 1 aromatic carbocycles. The number of carbonyl (C=O) groups excluding carboxylic acids is 1. The maximum Gasteiger partial charge on any atom is 0.252 e. The highest BCUT2D eigenvalue weighted by Gasteiger charge is 2.35. The lowest BCUT2D eigenvalue weighted by Crippen LogP contribution is -2.49. The molecule has 0 heterocycles. The first-order valence-corrected chi connectivity index (χ1v) is 7.05. The second-order valence-electron chi connectivity index (χ2n) is 5.08. The standard InChI is InChI=1S/C14H18BrNO2/c1-10-4-5-12(15)11(8-10)13(18)16-14(9-17)6-2-3-7-14/h4-5,8,17H,2-3,6-7,9H2,1H3,(H,16,18). The summed E-state index contributed by atoms with van der Waals surface area (Å²) < 4.78 is 0.789. The van der Waals surface area contributed by atoms with Gasteiger partial charge < -0.3 is 10.4 Å². The molecule has 0 aromatic heterocycles. The molecule has 0 unspecified atom stereocenters. The summed E-state index contributed by atoms with van der Waals surface area (Å²) in [5.41, 5.74) is 1.27. The van der Waals surface area contributed by atoms with Gasteiger partial charge in [-0.25, -0.2) is 0 Å². The molecule has 98 valence electrons. The summed E-state index contributed by atoms with van der Waals surface area (Å²) in [6.07, 6.45) is 3.85. The predicted octanol–water partition coefficient (Wildman–Crippen LogP) is 2.79. The van der Waals surface area contributed by atoms with Gasteiger partial charge in [-0.15, -0.1) is 0 Å². The molecule has 0 atom stereocenters. The molecule has 1 fully saturated rings. The number of aliphatic hydroxyl groups is 1. The molecule has 1 aliphatic carbocycles. The molecule has 1 aliphatic rings. The molecule has 0 saturated heterocycles. The Labute approximate surface area is 116 Å². The fourth-order valence-electron chi connectivity index (χ4n) is 2.50. The molecule has 3 nitrogen and oxygen atoms in total. The SMILES string of the molecule is Cc1ccc(Br)c(C(=O)NC2(CO)CCCC2)c1. The number of hydrogen-bond donors (Lipinski definition) is 2. The predicted molar refractivity (Wildman–Crippen MR) is 74.6 cm³/mol. The van der Waals surface area contributed by atoms with E-state index < -0.39 is 5.54 Å². The van der Waals surface area contributed by atoms with Crippen molar-refractivity contribution in [2.75, 3.05) is 6.61 Å². The van der Waals surface area contributed by atoms with E-state index in [9.17, 15) is 9.90 Å². The van der Waals surface area contributed by atoms with Gasteiger partial charge in [0.1, 0.15) is 0 Å². The van der Waals surface area contributed by atoms with Crippen molar-refractivity contribution in [1.82, 2.24) is 5.32 Å². The van der Waals surface area contributed by atoms with Gasteiger partial charge in [0.15, 0.2) is 0 Å². The molecule has 1 aromatic rings. The molecule has 0 aliphatic heterocycles. The number of aliphatic hydroxyl groups excluding tert-OH is 1. The van der Waals surface area contributed by atoms with Crippen molar-refractivity contribution in [3.05, 3.63) is 33.8 Å². The van der Waals surface area contributed by atoms with Gasteiger partial charge in [0, 0.05) is 4.47 Å². The van der Waals surface area contributed by atoms with Crippen molar-refractivity contribution < 1.29 is 9.90 Å². The lowest BCUT2D eigenvalue weighted by molar-refractivity contribution is 0.0837. The van der Waals surface area contributed by atoms with Crippen molar-refractivity contribution in [3.63, 3.8) is 0 Å². The minimum atomic E-state index is -0.416. The maximum atomic E-state index is 12.3. The third-order valence-corrected chi connectivity index (χ3v) is 4.30. The average Bonchev–Trinajstić information content (AvgIpc) is 2.81. The van der Waals surface area contributed by atoms with E-state index >= 15 is 0 Å². The third-order valence-electron chi connectivity index (χ3n) is 3.61. The number of nitrogens with one attached hydrogen (secondary N) is 1. The molecular formula is C14H18BrNO2. The van der Waals surface area contributed by atoms with Gasteiger partial charge >= 0.3 is 0 Å². The zero-order chi connectivity index (χ0) is 13.2. The Morgan fingerprint density at radius 1 is 1.44 bits per heavy atom. The van der Waals surface area contributed by atoms with Gasteiger partial charge in [0.25, 0.3) is 5.91 Å². The van der Waals surface area contributed by atoms with Gasteiger partial charge in [0.05, 0.1) is 17.7 Å². The molecule has 4 heteroatoms. The monoisotopic (exact) mass is 311 g/mol. The van der Waals surface area contributed by atoms with Crippen LogP contribution in [0.25, 0.3) is 0 Å². The zero-order valence-electron chi connectivity index (χ0n) is 10.5. The Balaban J connectivity index is 2.18. The van der Waals surface area contributed by atoms with Crippen LogP contribution in [-0.2, 0) is 0 Å². The summed E-state index contributed by atoms with van der Waals surface area (Å²) in [6, 6.07) is 5.70. The summed E-state index contributed by atoms with van der Waals surface area (Å²) in [5.74, 6) is -0.110. The summed E-state index contributed by atoms with van der Waals surface area (Å²) in [6.45, 7) is 1.97. The van der Waals surface area contributed by atoms with E-state index in [1.54, 1.807) is 0 Å². The molecule has 2 rings (SSSR count). The van der Waals surface area contributed by atoms with Crippen molar-refractivity contribution in [3.8, 4) is 0 Å². The molecule has 18 heavy (non-hydrogen) atoms. The van der Waals surface area contributed by atoms with Crippen LogP contribution in [0.15, 0.2) is 22.7 Å². The molecule has 0 spiro atoms. The zero-order valence-corrected chi connectivity index (χ0v) is 12.1. The van der Waals surface area contributed by atoms with Crippen LogP contribution in [0.2, 0.25) is 0 Å². The second-order valence-corrected chi connectivity index (χ2v) is 5.94. The van der Waals surface area contributed by atoms with Crippen LogP contribution in [0, 0.1) is 6.92 Å². The minimum absolute atomic E-state index is 0.0160. The minimum Gasteiger partial charge on any atom is -0.394 e. The van der Waals surface area contributed by atoms with E-state index in [4.69, 9.17) is 0 Å². The highest BCUT2D eigenvalue weighted by atomic mass is 79.9. The first kappa shape index (κ1) is 13.6. The van der Waals surface area contributed by atoms with Gasteiger partial charge in [-0.2, -0.15) is 0 Å². The highest BCUT2D eigenvalue weighted by Crippen LogP contribution is 2.30. The van der Waals surface area contributed by atoms with Crippen LogP contribution < -0.4 is 5.32 Å². The van der Waals surface area contributed by atoms with Gasteiger partial charge in [0.2, 0.25) is 0 Å². The Kier molecular flexibility index (Phi) is 4.07. The van der Waals surface area contributed by atoms with Crippen LogP contribution in [0.4, 0.5) is 0 Å². The van der Waals surface area contributed by atoms with E-state index in [1.807, 2.05) is 25.1 Å². The Bertz CT molecular complexity index is 453. The van der Waals surface area contributed by atoms with Crippen molar-refractivity contribution in [2.45, 2.75) is 38.1 Å². The first-order valence-electron chi connectivity index (χ1n) is 6.26. The van der Waals surface area contributed by atoms with E-state index in [2.05, 4.69) is 21.2 Å². The van der Waals surface area contributed by atoms with Crippen LogP contribution in [0.1, 0.15) is 41.6 Å². The molecular weight excluding hydrogens is 294 g/mol. The molecule has 1 amide bonds. The van der Waals surface area contributed by atoms with Crippen LogP contribution in [0.5, 0.6) is 0 Å². The fraction of sp³-hybridized carbons (Fsp3) is 0.500. The van der Waals surface area contributed by atoms with Gasteiger partial charge in [-0.3, -0.25) is 4.79 Å². The Morgan fingerprint density at radius 3 is 2.72 bits per heavy atom. The second kappa shape index (κ2) is 5.41. The van der Waals surface area contributed by atoms with Crippen LogP contribution >= 0.6 is 15.9 Å². The third kappa shape index (κ3) is 2.75. The van der Waals surface area contributed by atoms with Crippen molar-refractivity contribution in [2.24, 2.45) is 0 Å². The lowest BCUT2D eigenvalue weighted by atomic mass is 9.98. The lowest BCUT2D eigenvalue weighted by Gasteiger charge is -2.28. The highest BCUT2D eigenvalue weighted by molar-refractivity contribution is 9.10. The number of benzene rings is 1. The van der Waals surface area contributed by atoms with Crippen molar-refractivity contribution >= 4 is 21.8 Å². The van der Waals surface area contributed by atoms with E-state index in [0.717, 1.165) is 35.7 Å². The Morgan fingerprint density at radius 2 is 2.11 bits per heavy atom. The van der Waals surface area contributed by atoms with Gasteiger partial charge in [-0.05, 0) is 47.8 Å². The molecule has 0 bridgehead atoms. The average molecular weight is 312 g/mol. The van der Waals surface area contributed by atoms with Crippen LogP contribution in [-0.4, -0.2) is 23.2 Å².